The van der Waals surface area contributed by atoms with Gasteiger partial charge < -0.3 is 4.74 Å². The van der Waals surface area contributed by atoms with Gasteiger partial charge in [0, 0.05) is 0 Å². The predicted octanol–water partition coefficient (Wildman–Crippen LogP) is 1.42. The number of hydrogen-bond acceptors (Lipinski definition) is 4. The van der Waals surface area contributed by atoms with Crippen molar-refractivity contribution in [1.29, 1.82) is 0 Å². The summed E-state index contributed by atoms with van der Waals surface area (Å²) in [6.45, 7) is 4.45. The maximum Gasteiger partial charge on any atom is 0.313 e. The Kier molecular flexibility index (Phi) is 8.21. The summed E-state index contributed by atoms with van der Waals surface area (Å²) in [6.07, 6.45) is 3.49. The summed E-state index contributed by atoms with van der Waals surface area (Å²) < 4.78 is 4.72. The SMILES string of the molecule is CCOC(=O)CC(=O)CN1CCCCC1.Cl. The first-order valence-electron chi connectivity index (χ1n) is 5.62. The molecule has 0 aromatic rings. The van der Waals surface area contributed by atoms with Gasteiger partial charge in [-0.25, -0.2) is 0 Å². The van der Waals surface area contributed by atoms with E-state index in [9.17, 15) is 9.59 Å². The monoisotopic (exact) mass is 249 g/mol. The second kappa shape index (κ2) is 8.53. The molecule has 0 radical (unpaired) electrons. The lowest BCUT2D eigenvalue weighted by molar-refractivity contribution is -0.145. The number of Topliss-reactive ketones (excluding diaryl/α,β-unsaturated/α-hetero) is 1. The molecule has 1 fully saturated rings. The Morgan fingerprint density at radius 3 is 2.38 bits per heavy atom. The van der Waals surface area contributed by atoms with Crippen LogP contribution in [-0.2, 0) is 14.3 Å². The fourth-order valence-electron chi connectivity index (χ4n) is 1.80. The molecule has 0 aromatic carbocycles. The average Bonchev–Trinajstić information content (AvgIpc) is 2.19. The van der Waals surface area contributed by atoms with E-state index in [-0.39, 0.29) is 24.6 Å². The first-order valence-corrected chi connectivity index (χ1v) is 5.62. The molecule has 0 unspecified atom stereocenters. The fraction of sp³-hybridized carbons (Fsp3) is 0.818. The molecule has 4 nitrogen and oxygen atoms in total. The minimum absolute atomic E-state index is 0. The molecule has 5 heteroatoms. The Morgan fingerprint density at radius 1 is 1.19 bits per heavy atom. The molecule has 0 N–H and O–H groups in total. The maximum atomic E-state index is 11.5. The van der Waals surface area contributed by atoms with E-state index in [4.69, 9.17) is 4.74 Å². The lowest BCUT2D eigenvalue weighted by atomic mass is 10.1. The van der Waals surface area contributed by atoms with Gasteiger partial charge in [0.15, 0.2) is 5.78 Å². The molecule has 0 bridgehead atoms. The first-order chi connectivity index (χ1) is 7.22. The molecule has 1 aliphatic rings. The van der Waals surface area contributed by atoms with Crippen molar-refractivity contribution < 1.29 is 14.3 Å². The number of ketones is 1. The van der Waals surface area contributed by atoms with Crippen molar-refractivity contribution in [3.8, 4) is 0 Å². The van der Waals surface area contributed by atoms with Crippen molar-refractivity contribution >= 4 is 24.2 Å². The quantitative estimate of drug-likeness (QED) is 0.546. The van der Waals surface area contributed by atoms with Crippen LogP contribution in [0.1, 0.15) is 32.6 Å². The first kappa shape index (κ1) is 15.4. The van der Waals surface area contributed by atoms with Crippen molar-refractivity contribution in [2.45, 2.75) is 32.6 Å². The molecule has 0 amide bonds. The van der Waals surface area contributed by atoms with Gasteiger partial charge in [-0.15, -0.1) is 12.4 Å². The molecule has 1 saturated heterocycles. The Hall–Kier alpha value is -0.610. The van der Waals surface area contributed by atoms with Crippen molar-refractivity contribution in [1.82, 2.24) is 4.90 Å². The van der Waals surface area contributed by atoms with Gasteiger partial charge in [-0.2, -0.15) is 0 Å². The standard InChI is InChI=1S/C11H19NO3.ClH/c1-2-15-11(14)8-10(13)9-12-6-4-3-5-7-12;/h2-9H2,1H3;1H. The molecular weight excluding hydrogens is 230 g/mol. The van der Waals surface area contributed by atoms with E-state index >= 15 is 0 Å². The highest BCUT2D eigenvalue weighted by molar-refractivity contribution is 5.96. The number of carbonyl (C=O) groups is 2. The highest BCUT2D eigenvalue weighted by atomic mass is 35.5. The molecule has 0 aromatic heterocycles. The van der Waals surface area contributed by atoms with E-state index < -0.39 is 5.97 Å². The molecular formula is C11H20ClNO3. The number of rotatable bonds is 5. The van der Waals surface area contributed by atoms with Crippen molar-refractivity contribution in [3.63, 3.8) is 0 Å². The van der Waals surface area contributed by atoms with Gasteiger partial charge in [0.1, 0.15) is 6.42 Å². The van der Waals surface area contributed by atoms with Crippen LogP contribution in [0.2, 0.25) is 0 Å². The van der Waals surface area contributed by atoms with Gasteiger partial charge in [0.05, 0.1) is 13.2 Å². The van der Waals surface area contributed by atoms with Crippen LogP contribution in [-0.4, -0.2) is 42.9 Å². The van der Waals surface area contributed by atoms with Crippen LogP contribution in [0.15, 0.2) is 0 Å². The number of ether oxygens (including phenoxy) is 1. The summed E-state index contributed by atoms with van der Waals surface area (Å²) in [5.41, 5.74) is 0. The second-order valence-electron chi connectivity index (χ2n) is 3.86. The van der Waals surface area contributed by atoms with Gasteiger partial charge in [-0.3, -0.25) is 14.5 Å². The Labute approximate surface area is 103 Å². The van der Waals surface area contributed by atoms with Gasteiger partial charge in [-0.1, -0.05) is 6.42 Å². The highest BCUT2D eigenvalue weighted by Gasteiger charge is 2.16. The number of esters is 1. The Morgan fingerprint density at radius 2 is 1.81 bits per heavy atom. The van der Waals surface area contributed by atoms with Crippen molar-refractivity contribution in [2.24, 2.45) is 0 Å². The Balaban J connectivity index is 0.00000225. The van der Waals surface area contributed by atoms with Gasteiger partial charge >= 0.3 is 5.97 Å². The summed E-state index contributed by atoms with van der Waals surface area (Å²) in [5.74, 6) is -0.435. The summed E-state index contributed by atoms with van der Waals surface area (Å²) in [5, 5.41) is 0. The summed E-state index contributed by atoms with van der Waals surface area (Å²) >= 11 is 0. The topological polar surface area (TPSA) is 46.6 Å². The number of nitrogens with zero attached hydrogens (tertiary/aromatic N) is 1. The molecule has 94 valence electrons. The third-order valence-electron chi connectivity index (χ3n) is 2.50. The Bertz CT molecular complexity index is 227. The average molecular weight is 250 g/mol. The third-order valence-corrected chi connectivity index (χ3v) is 2.50. The zero-order chi connectivity index (χ0) is 11.1. The number of carbonyl (C=O) groups excluding carboxylic acids is 2. The summed E-state index contributed by atoms with van der Waals surface area (Å²) in [4.78, 5) is 24.6. The highest BCUT2D eigenvalue weighted by Crippen LogP contribution is 2.08. The zero-order valence-electron chi connectivity index (χ0n) is 9.74. The van der Waals surface area contributed by atoms with Gasteiger partial charge in [-0.05, 0) is 32.9 Å². The number of hydrogen-bond donors (Lipinski definition) is 0. The van der Waals surface area contributed by atoms with Crippen molar-refractivity contribution in [2.75, 3.05) is 26.2 Å². The number of piperidine rings is 1. The van der Waals surface area contributed by atoms with Crippen molar-refractivity contribution in [3.05, 3.63) is 0 Å². The summed E-state index contributed by atoms with van der Waals surface area (Å²) in [6, 6.07) is 0. The molecule has 0 aliphatic carbocycles. The fourth-order valence-corrected chi connectivity index (χ4v) is 1.80. The molecule has 16 heavy (non-hydrogen) atoms. The molecule has 0 spiro atoms. The maximum absolute atomic E-state index is 11.5. The number of halogens is 1. The smallest absolute Gasteiger partial charge is 0.313 e. The molecule has 1 aliphatic heterocycles. The van der Waals surface area contributed by atoms with Crippen LogP contribution in [0.3, 0.4) is 0 Å². The largest absolute Gasteiger partial charge is 0.466 e. The number of likely N-dealkylation sites (tertiary alicyclic amines) is 1. The van der Waals surface area contributed by atoms with Gasteiger partial charge in [0.25, 0.3) is 0 Å². The minimum Gasteiger partial charge on any atom is -0.466 e. The minimum atomic E-state index is -0.403. The van der Waals surface area contributed by atoms with E-state index in [1.165, 1.54) is 6.42 Å². The van der Waals surface area contributed by atoms with Crippen LogP contribution in [0.4, 0.5) is 0 Å². The molecule has 0 saturated carbocycles. The van der Waals surface area contributed by atoms with E-state index in [2.05, 4.69) is 4.90 Å². The predicted molar refractivity (Wildman–Crippen MR) is 63.8 cm³/mol. The third kappa shape index (κ3) is 6.08. The van der Waals surface area contributed by atoms with E-state index in [0.717, 1.165) is 25.9 Å². The lowest BCUT2D eigenvalue weighted by Crippen LogP contribution is -2.35. The van der Waals surface area contributed by atoms with Crippen LogP contribution < -0.4 is 0 Å². The lowest BCUT2D eigenvalue weighted by Gasteiger charge is -2.25. The van der Waals surface area contributed by atoms with E-state index in [1.807, 2.05) is 0 Å². The van der Waals surface area contributed by atoms with E-state index in [0.29, 0.717) is 13.2 Å². The molecule has 0 atom stereocenters. The van der Waals surface area contributed by atoms with Gasteiger partial charge in [0.2, 0.25) is 0 Å². The summed E-state index contributed by atoms with van der Waals surface area (Å²) in [7, 11) is 0. The van der Waals surface area contributed by atoms with Crippen LogP contribution in [0.5, 0.6) is 0 Å². The van der Waals surface area contributed by atoms with Crippen LogP contribution in [0, 0.1) is 0 Å². The van der Waals surface area contributed by atoms with Crippen LogP contribution in [0.25, 0.3) is 0 Å². The second-order valence-corrected chi connectivity index (χ2v) is 3.86. The van der Waals surface area contributed by atoms with E-state index in [1.54, 1.807) is 6.92 Å². The molecule has 1 rings (SSSR count). The van der Waals surface area contributed by atoms with Crippen LogP contribution >= 0.6 is 12.4 Å². The molecule has 1 heterocycles. The normalized spacial score (nSPS) is 16.3. The zero-order valence-corrected chi connectivity index (χ0v) is 10.6.